The van der Waals surface area contributed by atoms with Gasteiger partial charge in [-0.3, -0.25) is 14.4 Å². The molecule has 0 bridgehead atoms. The molecule has 0 saturated carbocycles. The van der Waals surface area contributed by atoms with Crippen LogP contribution in [0.1, 0.15) is 46.5 Å². The second kappa shape index (κ2) is 8.89. The zero-order chi connectivity index (χ0) is 21.8. The number of rotatable bonds is 7. The van der Waals surface area contributed by atoms with E-state index < -0.39 is 29.6 Å². The fourth-order valence-corrected chi connectivity index (χ4v) is 2.83. The van der Waals surface area contributed by atoms with Crippen molar-refractivity contribution in [1.29, 1.82) is 0 Å². The van der Waals surface area contributed by atoms with Gasteiger partial charge < -0.3 is 14.9 Å². The maximum Gasteiger partial charge on any atom is 0.303 e. The number of benzene rings is 1. The van der Waals surface area contributed by atoms with Crippen LogP contribution in [0.25, 0.3) is 10.9 Å². The van der Waals surface area contributed by atoms with Crippen LogP contribution in [0.3, 0.4) is 0 Å². The summed E-state index contributed by atoms with van der Waals surface area (Å²) in [5.74, 6) is -0.696. The van der Waals surface area contributed by atoms with E-state index in [0.29, 0.717) is 10.9 Å². The third-order valence-corrected chi connectivity index (χ3v) is 4.14. The molecule has 1 heterocycles. The van der Waals surface area contributed by atoms with Crippen molar-refractivity contribution in [3.63, 3.8) is 0 Å². The Labute approximate surface area is 169 Å². The number of carbonyl (C=O) groups is 2. The number of nitrogens with zero attached hydrogens (tertiary/aromatic N) is 2. The highest BCUT2D eigenvalue weighted by atomic mass is 16.5. The van der Waals surface area contributed by atoms with Crippen LogP contribution < -0.4 is 11.0 Å². The molecule has 1 aromatic heterocycles. The molecule has 0 fully saturated rings. The van der Waals surface area contributed by atoms with Gasteiger partial charge in [-0.15, -0.1) is 0 Å². The molecular weight excluding hydrogens is 374 g/mol. The largest absolute Gasteiger partial charge is 0.456 e. The molecule has 29 heavy (non-hydrogen) atoms. The number of para-hydroxylation sites is 1. The second-order valence-corrected chi connectivity index (χ2v) is 7.73. The smallest absolute Gasteiger partial charge is 0.303 e. The molecule has 1 N–H and O–H groups in total. The van der Waals surface area contributed by atoms with E-state index in [4.69, 9.17) is 9.47 Å². The molecule has 0 unspecified atom stereocenters. The maximum atomic E-state index is 13.2. The molecule has 2 atom stereocenters. The summed E-state index contributed by atoms with van der Waals surface area (Å²) in [6, 6.07) is 6.92. The monoisotopic (exact) mass is 401 g/mol. The average molecular weight is 401 g/mol. The quantitative estimate of drug-likeness (QED) is 0.562. The number of esters is 2. The van der Waals surface area contributed by atoms with Crippen molar-refractivity contribution in [3.05, 3.63) is 53.1 Å². The van der Waals surface area contributed by atoms with Gasteiger partial charge in [0.15, 0.2) is 11.9 Å². The summed E-state index contributed by atoms with van der Waals surface area (Å²) in [6.45, 7) is 12.0. The summed E-state index contributed by atoms with van der Waals surface area (Å²) < 4.78 is 11.9. The van der Waals surface area contributed by atoms with Crippen LogP contribution >= 0.6 is 0 Å². The lowest BCUT2D eigenvalue weighted by Gasteiger charge is -2.31. The van der Waals surface area contributed by atoms with Crippen molar-refractivity contribution in [1.82, 2.24) is 9.66 Å². The molecule has 1 aromatic carbocycles. The topological polar surface area (TPSA) is 99.5 Å². The molecule has 156 valence electrons. The molecule has 0 radical (unpaired) electrons. The van der Waals surface area contributed by atoms with E-state index in [9.17, 15) is 14.4 Å². The Morgan fingerprint density at radius 3 is 2.38 bits per heavy atom. The van der Waals surface area contributed by atoms with Crippen molar-refractivity contribution >= 4 is 22.8 Å². The minimum absolute atomic E-state index is 0.0902. The Morgan fingerprint density at radius 1 is 1.21 bits per heavy atom. The number of hydrogen-bond acceptors (Lipinski definition) is 7. The van der Waals surface area contributed by atoms with Crippen molar-refractivity contribution in [3.8, 4) is 0 Å². The van der Waals surface area contributed by atoms with E-state index >= 15 is 0 Å². The minimum Gasteiger partial charge on any atom is -0.456 e. The zero-order valence-electron chi connectivity index (χ0n) is 17.4. The van der Waals surface area contributed by atoms with Gasteiger partial charge in [-0.25, -0.2) is 9.66 Å². The fraction of sp³-hybridized carbons (Fsp3) is 0.429. The van der Waals surface area contributed by atoms with Gasteiger partial charge in [0, 0.05) is 19.3 Å². The lowest BCUT2D eigenvalue weighted by atomic mass is 9.88. The van der Waals surface area contributed by atoms with E-state index in [1.165, 1.54) is 24.6 Å². The van der Waals surface area contributed by atoms with Gasteiger partial charge in [0.2, 0.25) is 0 Å². The predicted octanol–water partition coefficient (Wildman–Crippen LogP) is 2.71. The van der Waals surface area contributed by atoms with E-state index in [-0.39, 0.29) is 17.9 Å². The van der Waals surface area contributed by atoms with Crippen molar-refractivity contribution in [2.45, 2.75) is 46.8 Å². The van der Waals surface area contributed by atoms with Crippen LogP contribution in [-0.4, -0.2) is 34.2 Å². The van der Waals surface area contributed by atoms with E-state index in [0.717, 1.165) is 0 Å². The van der Waals surface area contributed by atoms with Gasteiger partial charge in [-0.05, 0) is 18.2 Å². The van der Waals surface area contributed by atoms with Crippen LogP contribution in [-0.2, 0) is 19.1 Å². The summed E-state index contributed by atoms with van der Waals surface area (Å²) in [4.78, 5) is 40.8. The fourth-order valence-electron chi connectivity index (χ4n) is 2.83. The van der Waals surface area contributed by atoms with Gasteiger partial charge in [0.05, 0.1) is 17.4 Å². The van der Waals surface area contributed by atoms with Crippen LogP contribution in [0.5, 0.6) is 0 Å². The Bertz CT molecular complexity index is 974. The first-order valence-electron chi connectivity index (χ1n) is 9.27. The SMILES string of the molecule is C=C[C@@H](CNn1c([C@@H](OC(C)=O)C(C)(C)C)nc2ccccc2c1=O)OC(C)=O. The third kappa shape index (κ3) is 5.43. The number of ether oxygens (including phenoxy) is 2. The summed E-state index contributed by atoms with van der Waals surface area (Å²) >= 11 is 0. The van der Waals surface area contributed by atoms with Crippen LogP contribution in [0.4, 0.5) is 0 Å². The molecule has 0 aliphatic carbocycles. The third-order valence-electron chi connectivity index (χ3n) is 4.14. The molecule has 8 heteroatoms. The molecule has 2 rings (SSSR count). The van der Waals surface area contributed by atoms with Crippen molar-refractivity contribution in [2.24, 2.45) is 5.41 Å². The lowest BCUT2D eigenvalue weighted by molar-refractivity contribution is -0.153. The minimum atomic E-state index is -0.791. The lowest BCUT2D eigenvalue weighted by Crippen LogP contribution is -2.40. The first-order chi connectivity index (χ1) is 13.5. The number of hydrogen-bond donors (Lipinski definition) is 1. The highest BCUT2D eigenvalue weighted by Crippen LogP contribution is 2.35. The number of fused-ring (bicyclic) bond motifs is 1. The van der Waals surface area contributed by atoms with Crippen molar-refractivity contribution in [2.75, 3.05) is 12.0 Å². The van der Waals surface area contributed by atoms with Crippen LogP contribution in [0.15, 0.2) is 41.7 Å². The molecular formula is C21H27N3O5. The second-order valence-electron chi connectivity index (χ2n) is 7.73. The van der Waals surface area contributed by atoms with Gasteiger partial charge >= 0.3 is 11.9 Å². The Hall–Kier alpha value is -3.16. The van der Waals surface area contributed by atoms with Gasteiger partial charge in [0.25, 0.3) is 5.56 Å². The number of aromatic nitrogens is 2. The predicted molar refractivity (Wildman–Crippen MR) is 110 cm³/mol. The Balaban J connectivity index is 2.61. The summed E-state index contributed by atoms with van der Waals surface area (Å²) in [6.07, 6.45) is 0.0159. The normalized spacial score (nSPS) is 13.4. The number of carbonyl (C=O) groups excluding carboxylic acids is 2. The first-order valence-corrected chi connectivity index (χ1v) is 9.27. The molecule has 0 saturated heterocycles. The summed E-state index contributed by atoms with van der Waals surface area (Å²) in [5, 5.41) is 0.405. The standard InChI is InChI=1S/C21H27N3O5/c1-7-15(28-13(2)25)12-22-24-19(18(21(4,5)6)29-14(3)26)23-17-11-9-8-10-16(17)20(24)27/h7-11,15,18,22H,1,12H2,2-6H3/t15-,18+/m0/s1. The first kappa shape index (κ1) is 22.1. The molecule has 8 nitrogen and oxygen atoms in total. The Morgan fingerprint density at radius 2 is 1.83 bits per heavy atom. The summed E-state index contributed by atoms with van der Waals surface area (Å²) in [7, 11) is 0. The van der Waals surface area contributed by atoms with Gasteiger partial charge in [-0.1, -0.05) is 39.5 Å². The number of nitrogens with one attached hydrogen (secondary N) is 1. The highest BCUT2D eigenvalue weighted by Gasteiger charge is 2.34. The average Bonchev–Trinajstić information content (AvgIpc) is 2.63. The Kier molecular flexibility index (Phi) is 6.79. The molecule has 0 spiro atoms. The van der Waals surface area contributed by atoms with Crippen LogP contribution in [0.2, 0.25) is 0 Å². The maximum absolute atomic E-state index is 13.2. The zero-order valence-corrected chi connectivity index (χ0v) is 17.4. The molecule has 0 aliphatic rings. The highest BCUT2D eigenvalue weighted by molar-refractivity contribution is 5.77. The molecule has 0 amide bonds. The summed E-state index contributed by atoms with van der Waals surface area (Å²) in [5.41, 5.74) is 2.56. The van der Waals surface area contributed by atoms with Gasteiger partial charge in [0.1, 0.15) is 6.10 Å². The molecule has 2 aromatic rings. The van der Waals surface area contributed by atoms with E-state index in [2.05, 4.69) is 17.0 Å². The van der Waals surface area contributed by atoms with Crippen molar-refractivity contribution < 1.29 is 19.1 Å². The molecule has 0 aliphatic heterocycles. The van der Waals surface area contributed by atoms with E-state index in [1.807, 2.05) is 20.8 Å². The van der Waals surface area contributed by atoms with Crippen LogP contribution in [0, 0.1) is 5.41 Å². The van der Waals surface area contributed by atoms with Gasteiger partial charge in [-0.2, -0.15) is 0 Å². The van der Waals surface area contributed by atoms with E-state index in [1.54, 1.807) is 24.3 Å².